The summed E-state index contributed by atoms with van der Waals surface area (Å²) in [7, 11) is 0. The van der Waals surface area contributed by atoms with E-state index in [9.17, 15) is 14.4 Å². The Morgan fingerprint density at radius 3 is 2.72 bits per heavy atom. The molecule has 3 rings (SSSR count). The number of halogens is 1. The summed E-state index contributed by atoms with van der Waals surface area (Å²) in [6.45, 7) is 1.69. The summed E-state index contributed by atoms with van der Waals surface area (Å²) in [5.41, 5.74) is 1.62. The van der Waals surface area contributed by atoms with Crippen LogP contribution in [0.25, 0.3) is 11.3 Å². The molecule has 130 valence electrons. The average molecular weight is 379 g/mol. The van der Waals surface area contributed by atoms with Gasteiger partial charge in [0.05, 0.1) is 11.6 Å². The molecule has 1 aliphatic rings. The van der Waals surface area contributed by atoms with Crippen molar-refractivity contribution in [1.82, 2.24) is 15.6 Å². The maximum atomic E-state index is 12.2. The second kappa shape index (κ2) is 7.20. The van der Waals surface area contributed by atoms with Crippen molar-refractivity contribution >= 4 is 45.9 Å². The van der Waals surface area contributed by atoms with Crippen LogP contribution in [0.15, 0.2) is 29.6 Å². The quantitative estimate of drug-likeness (QED) is 0.761. The second-order valence-corrected chi connectivity index (χ2v) is 6.95. The number of aromatic nitrogens is 1. The maximum absolute atomic E-state index is 12.2. The molecule has 1 aromatic carbocycles. The van der Waals surface area contributed by atoms with Gasteiger partial charge in [-0.25, -0.2) is 9.78 Å². The normalized spacial score (nSPS) is 19.9. The first-order valence-corrected chi connectivity index (χ1v) is 8.81. The van der Waals surface area contributed by atoms with Crippen molar-refractivity contribution in [2.75, 3.05) is 5.32 Å². The molecule has 2 unspecified atom stereocenters. The highest BCUT2D eigenvalue weighted by Gasteiger charge is 2.34. The summed E-state index contributed by atoms with van der Waals surface area (Å²) >= 11 is 7.16. The Labute approximate surface area is 152 Å². The summed E-state index contributed by atoms with van der Waals surface area (Å²) in [6.07, 6.45) is -0.0386. The minimum absolute atomic E-state index is 0.0386. The van der Waals surface area contributed by atoms with Crippen molar-refractivity contribution in [3.05, 3.63) is 34.7 Å². The Morgan fingerprint density at radius 2 is 2.04 bits per heavy atom. The Balaban J connectivity index is 1.63. The van der Waals surface area contributed by atoms with Crippen LogP contribution in [0.5, 0.6) is 0 Å². The second-order valence-electron chi connectivity index (χ2n) is 5.65. The van der Waals surface area contributed by atoms with Crippen LogP contribution in [-0.2, 0) is 9.59 Å². The molecule has 2 heterocycles. The zero-order chi connectivity index (χ0) is 18.0. The van der Waals surface area contributed by atoms with E-state index in [2.05, 4.69) is 20.9 Å². The van der Waals surface area contributed by atoms with Crippen LogP contribution in [0.2, 0.25) is 5.02 Å². The van der Waals surface area contributed by atoms with Gasteiger partial charge in [0.25, 0.3) is 0 Å². The topological polar surface area (TPSA) is 100 Å². The van der Waals surface area contributed by atoms with Gasteiger partial charge in [-0.2, -0.15) is 0 Å². The van der Waals surface area contributed by atoms with Crippen molar-refractivity contribution in [1.29, 1.82) is 0 Å². The lowest BCUT2D eigenvalue weighted by Crippen LogP contribution is -2.57. The minimum atomic E-state index is -0.617. The summed E-state index contributed by atoms with van der Waals surface area (Å²) in [4.78, 5) is 39.6. The van der Waals surface area contributed by atoms with Crippen LogP contribution in [0.3, 0.4) is 0 Å². The van der Waals surface area contributed by atoms with Crippen LogP contribution >= 0.6 is 22.9 Å². The number of nitrogens with zero attached hydrogens (tertiary/aromatic N) is 1. The largest absolute Gasteiger partial charge is 0.335 e. The third-order valence-electron chi connectivity index (χ3n) is 3.83. The molecule has 0 spiro atoms. The van der Waals surface area contributed by atoms with Gasteiger partial charge < -0.3 is 10.6 Å². The number of thiazole rings is 1. The van der Waals surface area contributed by atoms with Crippen molar-refractivity contribution in [3.8, 4) is 11.3 Å². The smallest absolute Gasteiger partial charge is 0.321 e. The monoisotopic (exact) mass is 378 g/mol. The lowest BCUT2D eigenvalue weighted by Gasteiger charge is -2.28. The predicted octanol–water partition coefficient (Wildman–Crippen LogP) is 2.64. The van der Waals surface area contributed by atoms with Gasteiger partial charge in [-0.3, -0.25) is 14.9 Å². The summed E-state index contributed by atoms with van der Waals surface area (Å²) < 4.78 is 0. The van der Waals surface area contributed by atoms with E-state index in [1.165, 1.54) is 11.3 Å². The van der Waals surface area contributed by atoms with E-state index in [-0.39, 0.29) is 12.3 Å². The summed E-state index contributed by atoms with van der Waals surface area (Å²) in [5.74, 6) is -1.40. The summed E-state index contributed by atoms with van der Waals surface area (Å²) in [5, 5.41) is 10.4. The van der Waals surface area contributed by atoms with Crippen LogP contribution in [-0.4, -0.2) is 28.9 Å². The first kappa shape index (κ1) is 17.4. The third-order valence-corrected chi connectivity index (χ3v) is 4.84. The molecule has 9 heteroatoms. The Bertz CT molecular complexity index is 821. The van der Waals surface area contributed by atoms with Gasteiger partial charge >= 0.3 is 6.03 Å². The molecule has 2 aromatic rings. The van der Waals surface area contributed by atoms with E-state index >= 15 is 0 Å². The molecule has 2 atom stereocenters. The van der Waals surface area contributed by atoms with E-state index in [0.29, 0.717) is 10.2 Å². The summed E-state index contributed by atoms with van der Waals surface area (Å²) in [6, 6.07) is 6.28. The molecular weight excluding hydrogens is 364 g/mol. The Kier molecular flexibility index (Phi) is 5.00. The molecule has 4 amide bonds. The maximum Gasteiger partial charge on any atom is 0.321 e. The van der Waals surface area contributed by atoms with Gasteiger partial charge in [-0.15, -0.1) is 11.3 Å². The van der Waals surface area contributed by atoms with E-state index < -0.39 is 23.9 Å². The molecule has 1 fully saturated rings. The molecule has 3 N–H and O–H groups in total. The standard InChI is InChI=1S/C16H15ClN4O3S/c1-8-11(14(23)21-15(24)18-8)6-13(22)20-16-19-12(7-25-16)9-2-4-10(17)5-3-9/h2-5,7-8,11H,6H2,1H3,(H,19,20,22)(H2,18,21,23,24). The lowest BCUT2D eigenvalue weighted by molar-refractivity contribution is -0.129. The van der Waals surface area contributed by atoms with Gasteiger partial charge in [0.15, 0.2) is 5.13 Å². The molecule has 1 saturated heterocycles. The zero-order valence-corrected chi connectivity index (χ0v) is 14.8. The van der Waals surface area contributed by atoms with Crippen LogP contribution in [0.1, 0.15) is 13.3 Å². The fraction of sp³-hybridized carbons (Fsp3) is 0.250. The Hall–Kier alpha value is -2.45. The van der Waals surface area contributed by atoms with Gasteiger partial charge in [0.1, 0.15) is 0 Å². The molecule has 1 aromatic heterocycles. The number of rotatable bonds is 4. The van der Waals surface area contributed by atoms with Crippen LogP contribution < -0.4 is 16.0 Å². The van der Waals surface area contributed by atoms with E-state index in [1.807, 2.05) is 17.5 Å². The highest BCUT2D eigenvalue weighted by Crippen LogP contribution is 2.26. The highest BCUT2D eigenvalue weighted by molar-refractivity contribution is 7.14. The molecular formula is C16H15ClN4O3S. The molecule has 0 aliphatic carbocycles. The van der Waals surface area contributed by atoms with Gasteiger partial charge in [-0.05, 0) is 19.1 Å². The predicted molar refractivity (Wildman–Crippen MR) is 95.4 cm³/mol. The van der Waals surface area contributed by atoms with Crippen molar-refractivity contribution in [3.63, 3.8) is 0 Å². The molecule has 0 bridgehead atoms. The number of urea groups is 1. The average Bonchev–Trinajstić information content (AvgIpc) is 3.00. The van der Waals surface area contributed by atoms with Crippen LogP contribution in [0.4, 0.5) is 9.93 Å². The zero-order valence-electron chi connectivity index (χ0n) is 13.2. The van der Waals surface area contributed by atoms with Crippen molar-refractivity contribution in [2.24, 2.45) is 5.92 Å². The molecule has 0 saturated carbocycles. The molecule has 7 nitrogen and oxygen atoms in total. The SMILES string of the molecule is CC1NC(=O)NC(=O)C1CC(=O)Nc1nc(-c2ccc(Cl)cc2)cs1. The van der Waals surface area contributed by atoms with Crippen LogP contribution in [0, 0.1) is 5.92 Å². The van der Waals surface area contributed by atoms with E-state index in [0.717, 1.165) is 11.3 Å². The number of hydrogen-bond donors (Lipinski definition) is 3. The number of carbonyl (C=O) groups is 3. The molecule has 0 radical (unpaired) electrons. The first-order chi connectivity index (χ1) is 11.9. The lowest BCUT2D eigenvalue weighted by atomic mass is 9.94. The van der Waals surface area contributed by atoms with E-state index in [1.54, 1.807) is 19.1 Å². The highest BCUT2D eigenvalue weighted by atomic mass is 35.5. The molecule has 25 heavy (non-hydrogen) atoms. The van der Waals surface area contributed by atoms with Gasteiger partial charge in [-0.1, -0.05) is 23.7 Å². The molecule has 1 aliphatic heterocycles. The minimum Gasteiger partial charge on any atom is -0.335 e. The fourth-order valence-electron chi connectivity index (χ4n) is 2.50. The number of carbonyl (C=O) groups excluding carboxylic acids is 3. The Morgan fingerprint density at radius 1 is 1.32 bits per heavy atom. The van der Waals surface area contributed by atoms with Crippen molar-refractivity contribution in [2.45, 2.75) is 19.4 Å². The number of benzene rings is 1. The van der Waals surface area contributed by atoms with Crippen molar-refractivity contribution < 1.29 is 14.4 Å². The number of amides is 4. The number of imide groups is 1. The fourth-order valence-corrected chi connectivity index (χ4v) is 3.36. The first-order valence-electron chi connectivity index (χ1n) is 7.55. The van der Waals surface area contributed by atoms with Gasteiger partial charge in [0.2, 0.25) is 11.8 Å². The number of nitrogens with one attached hydrogen (secondary N) is 3. The third kappa shape index (κ3) is 4.15. The number of anilines is 1. The van der Waals surface area contributed by atoms with E-state index in [4.69, 9.17) is 11.6 Å². The number of hydrogen-bond acceptors (Lipinski definition) is 5. The van der Waals surface area contributed by atoms with Gasteiger partial charge in [0, 0.05) is 28.4 Å².